The number of pyridine rings is 1. The van der Waals surface area contributed by atoms with E-state index in [0.29, 0.717) is 17.4 Å². The van der Waals surface area contributed by atoms with E-state index in [4.69, 9.17) is 4.74 Å². The summed E-state index contributed by atoms with van der Waals surface area (Å²) in [5.41, 5.74) is 2.50. The molecule has 9 nitrogen and oxygen atoms in total. The zero-order valence-corrected chi connectivity index (χ0v) is 16.3. The van der Waals surface area contributed by atoms with Gasteiger partial charge in [-0.1, -0.05) is 24.3 Å². The maximum Gasteiger partial charge on any atom is 0.291 e. The van der Waals surface area contributed by atoms with Gasteiger partial charge in [-0.3, -0.25) is 19.6 Å². The number of hydrogen-bond acceptors (Lipinski definition) is 6. The van der Waals surface area contributed by atoms with Crippen LogP contribution in [0.2, 0.25) is 0 Å². The summed E-state index contributed by atoms with van der Waals surface area (Å²) in [6.45, 7) is 0.000880. The molecule has 0 radical (unpaired) electrons. The van der Waals surface area contributed by atoms with E-state index in [2.05, 4.69) is 37.6 Å². The number of hydrogen-bond donors (Lipinski definition) is 2. The molecule has 0 bridgehead atoms. The van der Waals surface area contributed by atoms with Gasteiger partial charge in [0.15, 0.2) is 11.6 Å². The number of nitrogens with zero attached hydrogens (tertiary/aromatic N) is 4. The summed E-state index contributed by atoms with van der Waals surface area (Å²) in [7, 11) is 1.60. The van der Waals surface area contributed by atoms with Gasteiger partial charge < -0.3 is 10.1 Å². The Labute approximate surface area is 172 Å². The molecular weight excluding hydrogens is 384 g/mol. The van der Waals surface area contributed by atoms with Gasteiger partial charge in [0.1, 0.15) is 18.5 Å². The van der Waals surface area contributed by atoms with E-state index in [1.807, 2.05) is 12.1 Å². The predicted octanol–water partition coefficient (Wildman–Crippen LogP) is 1.43. The van der Waals surface area contributed by atoms with Crippen molar-refractivity contribution >= 4 is 17.6 Å². The molecule has 0 saturated carbocycles. The number of amides is 2. The van der Waals surface area contributed by atoms with Crippen LogP contribution in [0.25, 0.3) is 0 Å². The molecule has 0 fully saturated rings. The minimum atomic E-state index is -0.870. The standard InChI is InChI=1S/C21H20N6O3/c1-27-19-16(7-4-10-22-19)30-11-15(21(27)29)23-20(28)18-24-17(25-26-18)14-9-8-12-5-2-3-6-13(12)14/h2-7,10,14-15H,8-9,11H2,1H3,(H,23,28)(H,24,25,26)/t14?,15-/m0/s1. The van der Waals surface area contributed by atoms with E-state index in [1.165, 1.54) is 16.0 Å². The van der Waals surface area contributed by atoms with Crippen molar-refractivity contribution in [3.05, 3.63) is 65.4 Å². The van der Waals surface area contributed by atoms with Crippen molar-refractivity contribution in [1.82, 2.24) is 25.5 Å². The molecule has 1 unspecified atom stereocenters. The molecule has 2 amide bonds. The Kier molecular flexibility index (Phi) is 4.42. The highest BCUT2D eigenvalue weighted by molar-refractivity contribution is 6.01. The molecule has 0 spiro atoms. The zero-order chi connectivity index (χ0) is 20.7. The number of fused-ring (bicyclic) bond motifs is 2. The number of aryl methyl sites for hydroxylation is 1. The highest BCUT2D eigenvalue weighted by Crippen LogP contribution is 2.36. The second-order valence-corrected chi connectivity index (χ2v) is 7.39. The molecule has 3 aromatic rings. The molecule has 2 atom stereocenters. The number of aromatic nitrogens is 4. The normalized spacial score (nSPS) is 20.2. The van der Waals surface area contributed by atoms with Gasteiger partial charge >= 0.3 is 0 Å². The van der Waals surface area contributed by atoms with E-state index >= 15 is 0 Å². The van der Waals surface area contributed by atoms with Crippen LogP contribution in [0, 0.1) is 0 Å². The predicted molar refractivity (Wildman–Crippen MR) is 107 cm³/mol. The lowest BCUT2D eigenvalue weighted by molar-refractivity contribution is -0.120. The number of carbonyl (C=O) groups is 2. The summed E-state index contributed by atoms with van der Waals surface area (Å²) in [6.07, 6.45) is 3.47. The number of likely N-dealkylation sites (N-methyl/N-ethyl adjacent to an activating group) is 1. The summed E-state index contributed by atoms with van der Waals surface area (Å²) in [5, 5.41) is 9.66. The largest absolute Gasteiger partial charge is 0.487 e. The molecular formula is C21H20N6O3. The number of H-pyrrole nitrogens is 1. The summed E-state index contributed by atoms with van der Waals surface area (Å²) >= 11 is 0. The van der Waals surface area contributed by atoms with E-state index in [0.717, 1.165) is 12.8 Å². The molecule has 2 aliphatic rings. The molecule has 30 heavy (non-hydrogen) atoms. The van der Waals surface area contributed by atoms with Crippen molar-refractivity contribution in [2.75, 3.05) is 18.6 Å². The number of benzene rings is 1. The first-order chi connectivity index (χ1) is 14.6. The minimum Gasteiger partial charge on any atom is -0.487 e. The molecule has 152 valence electrons. The number of aromatic amines is 1. The molecule has 2 aromatic heterocycles. The van der Waals surface area contributed by atoms with Crippen molar-refractivity contribution < 1.29 is 14.3 Å². The van der Waals surface area contributed by atoms with Gasteiger partial charge in [0.25, 0.3) is 11.8 Å². The number of anilines is 1. The molecule has 2 N–H and O–H groups in total. The highest BCUT2D eigenvalue weighted by atomic mass is 16.5. The first-order valence-corrected chi connectivity index (χ1v) is 9.78. The van der Waals surface area contributed by atoms with Crippen LogP contribution in [-0.4, -0.2) is 51.7 Å². The van der Waals surface area contributed by atoms with Crippen LogP contribution in [-0.2, 0) is 11.2 Å². The Morgan fingerprint density at radius 2 is 2.13 bits per heavy atom. The third-order valence-corrected chi connectivity index (χ3v) is 5.58. The number of rotatable bonds is 3. The van der Waals surface area contributed by atoms with Crippen LogP contribution < -0.4 is 15.0 Å². The van der Waals surface area contributed by atoms with Crippen molar-refractivity contribution in [1.29, 1.82) is 0 Å². The van der Waals surface area contributed by atoms with Crippen LogP contribution >= 0.6 is 0 Å². The third-order valence-electron chi connectivity index (χ3n) is 5.58. The van der Waals surface area contributed by atoms with Crippen molar-refractivity contribution in [2.24, 2.45) is 0 Å². The molecule has 1 aliphatic carbocycles. The number of carbonyl (C=O) groups excluding carboxylic acids is 2. The van der Waals surface area contributed by atoms with Gasteiger partial charge in [-0.25, -0.2) is 9.97 Å². The number of nitrogens with one attached hydrogen (secondary N) is 2. The molecule has 5 rings (SSSR count). The quantitative estimate of drug-likeness (QED) is 0.683. The fourth-order valence-corrected chi connectivity index (χ4v) is 4.03. The van der Waals surface area contributed by atoms with Crippen molar-refractivity contribution in [3.8, 4) is 5.75 Å². The maximum atomic E-state index is 12.8. The maximum absolute atomic E-state index is 12.8. The Bertz CT molecular complexity index is 1130. The van der Waals surface area contributed by atoms with E-state index in [9.17, 15) is 9.59 Å². The van der Waals surface area contributed by atoms with Crippen LogP contribution in [0.1, 0.15) is 39.9 Å². The van der Waals surface area contributed by atoms with E-state index in [1.54, 1.807) is 25.4 Å². The average Bonchev–Trinajstić information content (AvgIpc) is 3.40. The Hall–Kier alpha value is -3.75. The van der Waals surface area contributed by atoms with Crippen molar-refractivity contribution in [3.63, 3.8) is 0 Å². The van der Waals surface area contributed by atoms with Gasteiger partial charge in [-0.2, -0.15) is 0 Å². The Morgan fingerprint density at radius 3 is 3.03 bits per heavy atom. The number of ether oxygens (including phenoxy) is 1. The van der Waals surface area contributed by atoms with Gasteiger partial charge in [0.2, 0.25) is 5.82 Å². The monoisotopic (exact) mass is 404 g/mol. The molecule has 0 saturated heterocycles. The lowest BCUT2D eigenvalue weighted by atomic mass is 10.0. The van der Waals surface area contributed by atoms with Gasteiger partial charge in [0.05, 0.1) is 0 Å². The summed E-state index contributed by atoms with van der Waals surface area (Å²) in [5.74, 6) is 0.806. The van der Waals surface area contributed by atoms with E-state index in [-0.39, 0.29) is 24.3 Å². The first kappa shape index (κ1) is 18.3. The molecule has 1 aliphatic heterocycles. The van der Waals surface area contributed by atoms with Gasteiger partial charge in [-0.15, -0.1) is 5.10 Å². The Morgan fingerprint density at radius 1 is 1.27 bits per heavy atom. The first-order valence-electron chi connectivity index (χ1n) is 9.78. The highest BCUT2D eigenvalue weighted by Gasteiger charge is 2.33. The lowest BCUT2D eigenvalue weighted by Gasteiger charge is -2.18. The summed E-state index contributed by atoms with van der Waals surface area (Å²) in [4.78, 5) is 35.5. The summed E-state index contributed by atoms with van der Waals surface area (Å²) < 4.78 is 5.68. The van der Waals surface area contributed by atoms with Gasteiger partial charge in [-0.05, 0) is 36.1 Å². The third kappa shape index (κ3) is 3.08. The topological polar surface area (TPSA) is 113 Å². The lowest BCUT2D eigenvalue weighted by Crippen LogP contribution is -2.49. The molecule has 1 aromatic carbocycles. The minimum absolute atomic E-state index is 0.000880. The van der Waals surface area contributed by atoms with Crippen LogP contribution in [0.15, 0.2) is 42.6 Å². The molecule has 3 heterocycles. The Balaban J connectivity index is 1.32. The van der Waals surface area contributed by atoms with Crippen LogP contribution in [0.4, 0.5) is 5.82 Å². The zero-order valence-electron chi connectivity index (χ0n) is 16.3. The smallest absolute Gasteiger partial charge is 0.291 e. The average molecular weight is 404 g/mol. The van der Waals surface area contributed by atoms with Gasteiger partial charge in [0, 0.05) is 19.2 Å². The van der Waals surface area contributed by atoms with Crippen LogP contribution in [0.5, 0.6) is 5.75 Å². The second kappa shape index (κ2) is 7.25. The van der Waals surface area contributed by atoms with Crippen molar-refractivity contribution in [2.45, 2.75) is 24.8 Å². The van der Waals surface area contributed by atoms with E-state index < -0.39 is 11.9 Å². The van der Waals surface area contributed by atoms with Crippen LogP contribution in [0.3, 0.4) is 0 Å². The SMILES string of the molecule is CN1C(=O)[C@@H](NC(=O)c2n[nH]c(C3CCc4ccccc43)n2)COc2cccnc21. The second-order valence-electron chi connectivity index (χ2n) is 7.39. The molecule has 9 heteroatoms. The summed E-state index contributed by atoms with van der Waals surface area (Å²) in [6, 6.07) is 10.8. The fourth-order valence-electron chi connectivity index (χ4n) is 4.03. The fraction of sp³-hybridized carbons (Fsp3) is 0.286.